The number of carbonyl (C=O) groups excluding carboxylic acids is 1. The number of para-hydroxylation sites is 1. The lowest BCUT2D eigenvalue weighted by atomic mass is 10.2. The minimum Gasteiger partial charge on any atom is -0.325 e. The van der Waals surface area contributed by atoms with Crippen LogP contribution in [0.4, 0.5) is 5.69 Å². The number of benzene rings is 2. The van der Waals surface area contributed by atoms with Gasteiger partial charge in [-0.15, -0.1) is 0 Å². The number of rotatable bonds is 7. The molecular formula is C20H19N3O4S2. The molecule has 29 heavy (non-hydrogen) atoms. The highest BCUT2D eigenvalue weighted by Crippen LogP contribution is 2.19. The molecule has 9 heteroatoms. The molecule has 0 fully saturated rings. The van der Waals surface area contributed by atoms with Gasteiger partial charge in [0.05, 0.1) is 16.8 Å². The predicted octanol–water partition coefficient (Wildman–Crippen LogP) is 2.90. The largest absolute Gasteiger partial charge is 0.325 e. The van der Waals surface area contributed by atoms with Crippen LogP contribution in [-0.2, 0) is 21.1 Å². The van der Waals surface area contributed by atoms with Crippen molar-refractivity contribution in [2.75, 3.05) is 11.1 Å². The molecule has 0 aliphatic heterocycles. The lowest BCUT2D eigenvalue weighted by molar-refractivity contribution is -0.113. The Morgan fingerprint density at radius 1 is 1.10 bits per heavy atom. The van der Waals surface area contributed by atoms with Crippen LogP contribution in [0.5, 0.6) is 0 Å². The van der Waals surface area contributed by atoms with Crippen molar-refractivity contribution >= 4 is 33.2 Å². The van der Waals surface area contributed by atoms with E-state index in [1.165, 1.54) is 12.1 Å². The number of amides is 1. The second-order valence-corrected chi connectivity index (χ2v) is 8.97. The molecule has 7 nitrogen and oxygen atoms in total. The second kappa shape index (κ2) is 9.06. The summed E-state index contributed by atoms with van der Waals surface area (Å²) in [7, 11) is -3.98. The van der Waals surface area contributed by atoms with Crippen molar-refractivity contribution in [3.63, 3.8) is 0 Å². The minimum absolute atomic E-state index is 0.0163. The van der Waals surface area contributed by atoms with Gasteiger partial charge in [0.2, 0.25) is 15.7 Å². The Labute approximate surface area is 172 Å². The molecule has 3 rings (SSSR count). The van der Waals surface area contributed by atoms with E-state index in [9.17, 15) is 18.0 Å². The van der Waals surface area contributed by atoms with Crippen molar-refractivity contribution in [2.24, 2.45) is 0 Å². The molecule has 0 unspecified atom stereocenters. The molecule has 0 aliphatic carbocycles. The number of aromatic nitrogens is 2. The molecule has 0 radical (unpaired) electrons. The Balaban J connectivity index is 1.71. The van der Waals surface area contributed by atoms with Gasteiger partial charge in [-0.05, 0) is 36.2 Å². The van der Waals surface area contributed by atoms with Crippen LogP contribution in [0.1, 0.15) is 12.5 Å². The molecule has 3 aromatic rings. The number of carbonyl (C=O) groups is 1. The van der Waals surface area contributed by atoms with Crippen molar-refractivity contribution in [3.05, 3.63) is 76.7 Å². The fourth-order valence-electron chi connectivity index (χ4n) is 2.52. The van der Waals surface area contributed by atoms with Gasteiger partial charge in [-0.2, -0.15) is 0 Å². The Bertz CT molecular complexity index is 1160. The highest BCUT2D eigenvalue weighted by Gasteiger charge is 2.22. The molecule has 0 atom stereocenters. The van der Waals surface area contributed by atoms with Crippen LogP contribution in [-0.4, -0.2) is 30.0 Å². The fraction of sp³-hybridized carbons (Fsp3) is 0.150. The van der Waals surface area contributed by atoms with Crippen molar-refractivity contribution in [1.29, 1.82) is 0 Å². The normalized spacial score (nSPS) is 11.2. The van der Waals surface area contributed by atoms with Crippen molar-refractivity contribution in [1.82, 2.24) is 9.97 Å². The molecule has 1 heterocycles. The smallest absolute Gasteiger partial charge is 0.270 e. The van der Waals surface area contributed by atoms with Gasteiger partial charge >= 0.3 is 0 Å². The van der Waals surface area contributed by atoms with E-state index in [0.29, 0.717) is 5.69 Å². The number of hydrogen-bond acceptors (Lipinski definition) is 6. The highest BCUT2D eigenvalue weighted by atomic mass is 32.2. The van der Waals surface area contributed by atoms with Crippen molar-refractivity contribution < 1.29 is 13.2 Å². The number of nitrogens with zero attached hydrogens (tertiary/aromatic N) is 1. The van der Waals surface area contributed by atoms with E-state index in [-0.39, 0.29) is 21.7 Å². The van der Waals surface area contributed by atoms with Gasteiger partial charge in [0.15, 0.2) is 10.1 Å². The van der Waals surface area contributed by atoms with Crippen LogP contribution in [0.3, 0.4) is 0 Å². The van der Waals surface area contributed by atoms with E-state index in [1.807, 2.05) is 13.0 Å². The summed E-state index contributed by atoms with van der Waals surface area (Å²) >= 11 is 1.01. The number of hydrogen-bond donors (Lipinski definition) is 2. The average molecular weight is 430 g/mol. The number of sulfone groups is 1. The zero-order chi connectivity index (χ0) is 20.9. The molecule has 0 saturated heterocycles. The van der Waals surface area contributed by atoms with Crippen LogP contribution in [0, 0.1) is 0 Å². The van der Waals surface area contributed by atoms with Gasteiger partial charge in [0, 0.05) is 5.69 Å². The molecule has 1 aromatic heterocycles. The maximum Gasteiger partial charge on any atom is 0.270 e. The average Bonchev–Trinajstić information content (AvgIpc) is 2.73. The zero-order valence-corrected chi connectivity index (χ0v) is 17.2. The van der Waals surface area contributed by atoms with Gasteiger partial charge in [0.1, 0.15) is 0 Å². The highest BCUT2D eigenvalue weighted by molar-refractivity contribution is 7.99. The van der Waals surface area contributed by atoms with E-state index in [1.54, 1.807) is 36.4 Å². The summed E-state index contributed by atoms with van der Waals surface area (Å²) in [6.45, 7) is 1.97. The third-order valence-corrected chi connectivity index (χ3v) is 6.72. The topological polar surface area (TPSA) is 109 Å². The summed E-state index contributed by atoms with van der Waals surface area (Å²) in [5.74, 6) is -0.251. The monoisotopic (exact) mass is 429 g/mol. The first-order valence-electron chi connectivity index (χ1n) is 8.81. The van der Waals surface area contributed by atoms with Crippen LogP contribution < -0.4 is 10.9 Å². The molecule has 0 bridgehead atoms. The lowest BCUT2D eigenvalue weighted by Gasteiger charge is -2.06. The molecule has 0 spiro atoms. The summed E-state index contributed by atoms with van der Waals surface area (Å²) in [6, 6.07) is 15.3. The summed E-state index contributed by atoms with van der Waals surface area (Å²) in [6.07, 6.45) is 1.81. The zero-order valence-electron chi connectivity index (χ0n) is 15.6. The Hall–Kier alpha value is -2.91. The number of aryl methyl sites for hydroxylation is 1. The standard InChI is InChI=1S/C20H19N3O4S2/c1-2-14-8-10-16(11-9-14)29(26,27)17-12-21-20(23-19(17)25)28-13-18(24)22-15-6-4-3-5-7-15/h3-12H,2,13H2,1H3,(H,22,24)(H,21,23,25). The molecule has 2 N–H and O–H groups in total. The Morgan fingerprint density at radius 2 is 1.79 bits per heavy atom. The van der Waals surface area contributed by atoms with E-state index in [4.69, 9.17) is 0 Å². The Kier molecular flexibility index (Phi) is 6.50. The molecular weight excluding hydrogens is 410 g/mol. The van der Waals surface area contributed by atoms with E-state index >= 15 is 0 Å². The van der Waals surface area contributed by atoms with Gasteiger partial charge in [-0.25, -0.2) is 13.4 Å². The van der Waals surface area contributed by atoms with Crippen LogP contribution >= 0.6 is 11.8 Å². The van der Waals surface area contributed by atoms with Crippen LogP contribution in [0.15, 0.2) is 80.5 Å². The van der Waals surface area contributed by atoms with Crippen molar-refractivity contribution in [2.45, 2.75) is 28.3 Å². The van der Waals surface area contributed by atoms with Gasteiger partial charge in [-0.1, -0.05) is 49.0 Å². The first kappa shape index (κ1) is 20.8. The van der Waals surface area contributed by atoms with E-state index < -0.39 is 20.3 Å². The van der Waals surface area contributed by atoms with Gasteiger partial charge < -0.3 is 10.3 Å². The second-order valence-electron chi connectivity index (χ2n) is 6.09. The SMILES string of the molecule is CCc1ccc(S(=O)(=O)c2cnc(SCC(=O)Nc3ccccc3)[nH]c2=O)cc1. The number of aromatic amines is 1. The third kappa shape index (κ3) is 5.12. The number of anilines is 1. The van der Waals surface area contributed by atoms with Crippen LogP contribution in [0.25, 0.3) is 0 Å². The predicted molar refractivity (Wildman–Crippen MR) is 112 cm³/mol. The molecule has 0 aliphatic rings. The first-order chi connectivity index (χ1) is 13.9. The summed E-state index contributed by atoms with van der Waals surface area (Å²) in [5.41, 5.74) is 0.886. The summed E-state index contributed by atoms with van der Waals surface area (Å²) in [4.78, 5) is 30.3. The van der Waals surface area contributed by atoms with E-state index in [2.05, 4.69) is 15.3 Å². The molecule has 2 aromatic carbocycles. The third-order valence-electron chi connectivity index (χ3n) is 4.07. The summed E-state index contributed by atoms with van der Waals surface area (Å²) in [5, 5.41) is 2.88. The molecule has 0 saturated carbocycles. The number of nitrogens with one attached hydrogen (secondary N) is 2. The van der Waals surface area contributed by atoms with Gasteiger partial charge in [0.25, 0.3) is 5.56 Å². The van der Waals surface area contributed by atoms with Crippen molar-refractivity contribution in [3.8, 4) is 0 Å². The quantitative estimate of drug-likeness (QED) is 0.442. The molecule has 1 amide bonds. The minimum atomic E-state index is -3.98. The van der Waals surface area contributed by atoms with Crippen LogP contribution in [0.2, 0.25) is 0 Å². The Morgan fingerprint density at radius 3 is 2.41 bits per heavy atom. The summed E-state index contributed by atoms with van der Waals surface area (Å²) < 4.78 is 25.4. The van der Waals surface area contributed by atoms with E-state index in [0.717, 1.165) is 29.9 Å². The number of thioether (sulfide) groups is 1. The number of H-pyrrole nitrogens is 1. The fourth-order valence-corrected chi connectivity index (χ4v) is 4.38. The van der Waals surface area contributed by atoms with Gasteiger partial charge in [-0.3, -0.25) is 9.59 Å². The first-order valence-corrected chi connectivity index (χ1v) is 11.3. The lowest BCUT2D eigenvalue weighted by Crippen LogP contribution is -2.20. The molecule has 150 valence electrons. The maximum atomic E-state index is 12.7. The maximum absolute atomic E-state index is 12.7.